The number of para-hydroxylation sites is 1. The third-order valence-electron chi connectivity index (χ3n) is 13.6. The van der Waals surface area contributed by atoms with Crippen LogP contribution in [0.2, 0.25) is 0 Å². The second-order valence-corrected chi connectivity index (χ2v) is 16.9. The molecule has 0 unspecified atom stereocenters. The zero-order chi connectivity index (χ0) is 39.8. The van der Waals surface area contributed by atoms with Crippen LogP contribution in [0.4, 0.5) is 17.1 Å². The maximum Gasteiger partial charge on any atom is 0.0714 e. The highest BCUT2D eigenvalue weighted by molar-refractivity contribution is 5.97. The van der Waals surface area contributed by atoms with E-state index in [0.717, 1.165) is 5.69 Å². The van der Waals surface area contributed by atoms with E-state index in [2.05, 4.69) is 207 Å². The third kappa shape index (κ3) is 6.05. The molecular weight excluding hydrogens is 711 g/mol. The summed E-state index contributed by atoms with van der Waals surface area (Å²) < 4.78 is 0. The molecule has 0 N–H and O–H groups in total. The zero-order valence-corrected chi connectivity index (χ0v) is 34.5. The number of hydrogen-bond donors (Lipinski definition) is 0. The normalized spacial score (nSPS) is 14.1. The minimum absolute atomic E-state index is 0.00594. The summed E-state index contributed by atoms with van der Waals surface area (Å²) in [6.07, 6.45) is 9.84. The van der Waals surface area contributed by atoms with Crippen molar-refractivity contribution in [3.8, 4) is 22.3 Å². The van der Waals surface area contributed by atoms with Crippen molar-refractivity contribution in [2.45, 2.75) is 76.0 Å². The van der Waals surface area contributed by atoms with E-state index in [4.69, 9.17) is 0 Å². The summed E-state index contributed by atoms with van der Waals surface area (Å²) >= 11 is 0. The predicted octanol–water partition coefficient (Wildman–Crippen LogP) is 16.1. The lowest BCUT2D eigenvalue weighted by atomic mass is 9.67. The molecule has 0 bridgehead atoms. The molecule has 0 saturated carbocycles. The fraction of sp³-hybridized carbons (Fsp3) is 0.207. The molecular formula is C58H53N. The highest BCUT2D eigenvalue weighted by Gasteiger charge is 2.47. The zero-order valence-electron chi connectivity index (χ0n) is 34.5. The van der Waals surface area contributed by atoms with Crippen LogP contribution < -0.4 is 4.90 Å². The monoisotopic (exact) mass is 763 g/mol. The van der Waals surface area contributed by atoms with E-state index in [1.165, 1.54) is 129 Å². The Kier molecular flexibility index (Phi) is 9.77. The summed E-state index contributed by atoms with van der Waals surface area (Å²) in [6.45, 7) is 4.66. The minimum Gasteiger partial charge on any atom is -0.310 e. The molecule has 0 aliphatic heterocycles. The number of anilines is 3. The van der Waals surface area contributed by atoms with Crippen LogP contribution in [0.3, 0.4) is 0 Å². The lowest BCUT2D eigenvalue weighted by Gasteiger charge is -2.35. The van der Waals surface area contributed by atoms with Gasteiger partial charge in [-0.3, -0.25) is 0 Å². The van der Waals surface area contributed by atoms with Gasteiger partial charge in [0.2, 0.25) is 0 Å². The van der Waals surface area contributed by atoms with Crippen molar-refractivity contribution in [2.24, 2.45) is 0 Å². The topological polar surface area (TPSA) is 3.24 Å². The third-order valence-corrected chi connectivity index (χ3v) is 13.6. The first kappa shape index (κ1) is 37.1. The summed E-state index contributed by atoms with van der Waals surface area (Å²) in [7, 11) is 0. The molecule has 0 heterocycles. The molecule has 0 atom stereocenters. The highest BCUT2D eigenvalue weighted by atomic mass is 15.1. The van der Waals surface area contributed by atoms with E-state index >= 15 is 0 Å². The molecule has 8 aromatic carbocycles. The molecule has 10 rings (SSSR count). The van der Waals surface area contributed by atoms with Gasteiger partial charge in [-0.15, -0.1) is 0 Å². The Bertz CT molecular complexity index is 2700. The summed E-state index contributed by atoms with van der Waals surface area (Å²) in [5.74, 6) is 0. The fourth-order valence-electron chi connectivity index (χ4n) is 10.9. The fourth-order valence-corrected chi connectivity index (χ4v) is 10.9. The minimum atomic E-state index is -0.511. The Morgan fingerprint density at radius 1 is 0.356 bits per heavy atom. The Morgan fingerprint density at radius 3 is 1.44 bits per heavy atom. The molecule has 1 nitrogen and oxygen atoms in total. The van der Waals surface area contributed by atoms with Crippen molar-refractivity contribution in [3.05, 3.63) is 221 Å². The average molecular weight is 764 g/mol. The van der Waals surface area contributed by atoms with E-state index < -0.39 is 5.41 Å². The first-order valence-electron chi connectivity index (χ1n) is 22.1. The molecule has 290 valence electrons. The summed E-state index contributed by atoms with van der Waals surface area (Å²) in [4.78, 5) is 2.52. The second kappa shape index (κ2) is 15.5. The number of hydrogen-bond acceptors (Lipinski definition) is 1. The van der Waals surface area contributed by atoms with Gasteiger partial charge in [-0.2, -0.15) is 0 Å². The van der Waals surface area contributed by atoms with E-state index in [9.17, 15) is 0 Å². The summed E-state index contributed by atoms with van der Waals surface area (Å²) in [5.41, 5.74) is 16.7. The van der Waals surface area contributed by atoms with Crippen LogP contribution in [0, 0.1) is 0 Å². The number of rotatable bonds is 13. The van der Waals surface area contributed by atoms with E-state index in [1.54, 1.807) is 0 Å². The lowest BCUT2D eigenvalue weighted by molar-refractivity contribution is 0.405. The van der Waals surface area contributed by atoms with Crippen LogP contribution in [0.5, 0.6) is 0 Å². The van der Waals surface area contributed by atoms with Crippen molar-refractivity contribution >= 4 is 27.8 Å². The van der Waals surface area contributed by atoms with E-state index in [-0.39, 0.29) is 5.41 Å². The van der Waals surface area contributed by atoms with Gasteiger partial charge in [0.25, 0.3) is 0 Å². The average Bonchev–Trinajstić information content (AvgIpc) is 3.73. The highest BCUT2D eigenvalue weighted by Crippen LogP contribution is 2.59. The van der Waals surface area contributed by atoms with E-state index in [1.807, 2.05) is 0 Å². The Morgan fingerprint density at radius 2 is 0.831 bits per heavy atom. The van der Waals surface area contributed by atoms with Crippen molar-refractivity contribution in [1.29, 1.82) is 0 Å². The van der Waals surface area contributed by atoms with Crippen molar-refractivity contribution in [2.75, 3.05) is 4.90 Å². The quantitative estimate of drug-likeness (QED) is 0.106. The largest absolute Gasteiger partial charge is 0.310 e. The molecule has 0 fully saturated rings. The number of nitrogens with zero attached hydrogens (tertiary/aromatic N) is 1. The standard InChI is InChI=1S/C58H53N/c1-3-5-20-36-57(37-21-6-4-2)53-31-19-18-30-49(53)50-34-32-47(40-54(50)57)59(46-28-14-9-15-29-46)48-33-35-51-52-38-42-22-16-17-23-43(42)39-55(52)58(56(51)41-48,44-24-10-7-11-25-44)45-26-12-8-13-27-45/h7-19,22-35,38-41H,3-6,20-21,36-37H2,1-2H3. The first-order valence-corrected chi connectivity index (χ1v) is 22.1. The molecule has 0 spiro atoms. The molecule has 2 aliphatic carbocycles. The van der Waals surface area contributed by atoms with Gasteiger partial charge < -0.3 is 4.90 Å². The second-order valence-electron chi connectivity index (χ2n) is 16.9. The van der Waals surface area contributed by atoms with Crippen LogP contribution in [0.15, 0.2) is 188 Å². The molecule has 1 heteroatoms. The summed E-state index contributed by atoms with van der Waals surface area (Å²) in [5, 5.41) is 2.53. The van der Waals surface area contributed by atoms with Crippen LogP contribution in [-0.2, 0) is 10.8 Å². The van der Waals surface area contributed by atoms with Gasteiger partial charge in [0, 0.05) is 22.5 Å². The van der Waals surface area contributed by atoms with Crippen molar-refractivity contribution in [1.82, 2.24) is 0 Å². The van der Waals surface area contributed by atoms with Gasteiger partial charge >= 0.3 is 0 Å². The maximum atomic E-state index is 2.58. The molecule has 0 aromatic heterocycles. The lowest BCUT2D eigenvalue weighted by Crippen LogP contribution is -2.28. The van der Waals surface area contributed by atoms with Crippen LogP contribution in [0.25, 0.3) is 33.0 Å². The number of unbranched alkanes of at least 4 members (excludes halogenated alkanes) is 4. The molecule has 0 amide bonds. The van der Waals surface area contributed by atoms with Gasteiger partial charge in [0.15, 0.2) is 0 Å². The Hall–Kier alpha value is -6.18. The predicted molar refractivity (Wildman–Crippen MR) is 250 cm³/mol. The Labute approximate surface area is 351 Å². The number of benzene rings is 8. The Balaban J connectivity index is 1.21. The first-order chi connectivity index (χ1) is 29.2. The van der Waals surface area contributed by atoms with Crippen molar-refractivity contribution in [3.63, 3.8) is 0 Å². The van der Waals surface area contributed by atoms with E-state index in [0.29, 0.717) is 0 Å². The molecule has 0 radical (unpaired) electrons. The van der Waals surface area contributed by atoms with Crippen molar-refractivity contribution < 1.29 is 0 Å². The van der Waals surface area contributed by atoms with Crippen LogP contribution >= 0.6 is 0 Å². The molecule has 2 aliphatic rings. The molecule has 59 heavy (non-hydrogen) atoms. The van der Waals surface area contributed by atoms with Crippen LogP contribution in [-0.4, -0.2) is 0 Å². The molecule has 0 saturated heterocycles. The number of fused-ring (bicyclic) bond motifs is 7. The van der Waals surface area contributed by atoms with Gasteiger partial charge in [-0.1, -0.05) is 192 Å². The smallest absolute Gasteiger partial charge is 0.0714 e. The SMILES string of the molecule is CCCCCC1(CCCCC)c2ccccc2-c2ccc(N(c3ccccc3)c3ccc4c(c3)C(c3ccccc3)(c3ccccc3)c3cc5ccccc5cc3-4)cc21. The van der Waals surface area contributed by atoms with Gasteiger partial charge in [0.1, 0.15) is 0 Å². The van der Waals surface area contributed by atoms with Gasteiger partial charge in [0.05, 0.1) is 5.41 Å². The maximum absolute atomic E-state index is 2.58. The summed E-state index contributed by atoms with van der Waals surface area (Å²) in [6, 6.07) is 71.2. The molecule has 8 aromatic rings. The van der Waals surface area contributed by atoms with Gasteiger partial charge in [-0.25, -0.2) is 0 Å². The van der Waals surface area contributed by atoms with Gasteiger partial charge in [-0.05, 0) is 128 Å². The van der Waals surface area contributed by atoms with Crippen LogP contribution in [0.1, 0.15) is 98.6 Å².